The van der Waals surface area contributed by atoms with Crippen molar-refractivity contribution in [3.63, 3.8) is 0 Å². The van der Waals surface area contributed by atoms with Crippen molar-refractivity contribution >= 4 is 19.7 Å². The van der Waals surface area contributed by atoms with E-state index in [4.69, 9.17) is 13.8 Å². The van der Waals surface area contributed by atoms with Gasteiger partial charge in [-0.05, 0) is 102 Å². The molecule has 3 unspecified atom stereocenters. The summed E-state index contributed by atoms with van der Waals surface area (Å²) in [5, 5.41) is 2.98. The Morgan fingerprint density at radius 1 is 0.500 bits per heavy atom. The Morgan fingerprint density at radius 3 is 1.35 bits per heavy atom. The van der Waals surface area contributed by atoms with E-state index in [1.54, 1.807) is 6.08 Å². The molecule has 0 saturated heterocycles. The molecule has 9 nitrogen and oxygen atoms in total. The Hall–Kier alpha value is -3.85. The van der Waals surface area contributed by atoms with E-state index >= 15 is 0 Å². The van der Waals surface area contributed by atoms with Crippen molar-refractivity contribution in [2.24, 2.45) is 0 Å². The van der Waals surface area contributed by atoms with Crippen molar-refractivity contribution in [1.29, 1.82) is 0 Å². The molecule has 0 aliphatic rings. The van der Waals surface area contributed by atoms with Crippen molar-refractivity contribution in [3.8, 4) is 0 Å². The summed E-state index contributed by atoms with van der Waals surface area (Å²) in [4.78, 5) is 37.5. The zero-order valence-electron chi connectivity index (χ0n) is 46.4. The number of likely N-dealkylation sites (N-methyl/N-ethyl adjacent to an activating group) is 1. The van der Waals surface area contributed by atoms with Gasteiger partial charge in [0, 0.05) is 12.8 Å². The summed E-state index contributed by atoms with van der Waals surface area (Å²) in [6.45, 7) is 6.65. The molecule has 1 amide bonds. The third kappa shape index (κ3) is 51.1. The zero-order chi connectivity index (χ0) is 52.9. The van der Waals surface area contributed by atoms with E-state index in [9.17, 15) is 19.0 Å². The second-order valence-electron chi connectivity index (χ2n) is 19.3. The van der Waals surface area contributed by atoms with Crippen molar-refractivity contribution < 1.29 is 37.3 Å². The van der Waals surface area contributed by atoms with Crippen LogP contribution in [0, 0.1) is 0 Å². The number of rotatable bonds is 48. The largest absolute Gasteiger partial charge is 0.472 e. The Labute approximate surface area is 441 Å². The minimum Gasteiger partial charge on any atom is -0.456 e. The van der Waals surface area contributed by atoms with Crippen LogP contribution < -0.4 is 5.32 Å². The van der Waals surface area contributed by atoms with Crippen LogP contribution >= 0.6 is 7.82 Å². The highest BCUT2D eigenvalue weighted by molar-refractivity contribution is 7.47. The smallest absolute Gasteiger partial charge is 0.456 e. The van der Waals surface area contributed by atoms with Gasteiger partial charge in [-0.3, -0.25) is 18.6 Å². The lowest BCUT2D eigenvalue weighted by molar-refractivity contribution is -0.870. The lowest BCUT2D eigenvalue weighted by Gasteiger charge is -2.27. The number of carbonyl (C=O) groups excluding carboxylic acids is 2. The normalized spacial score (nSPS) is 14.8. The highest BCUT2D eigenvalue weighted by atomic mass is 31.2. The number of unbranched alkanes of at least 4 members (excludes halogenated alkanes) is 12. The molecule has 0 fully saturated rings. The summed E-state index contributed by atoms with van der Waals surface area (Å²) in [6, 6.07) is -0.920. The van der Waals surface area contributed by atoms with Gasteiger partial charge in [0.2, 0.25) is 5.91 Å². The van der Waals surface area contributed by atoms with Gasteiger partial charge >= 0.3 is 13.8 Å². The van der Waals surface area contributed by atoms with Crippen molar-refractivity contribution in [2.45, 2.75) is 206 Å². The molecule has 3 atom stereocenters. The third-order valence-electron chi connectivity index (χ3n) is 11.3. The molecule has 2 N–H and O–H groups in total. The van der Waals surface area contributed by atoms with E-state index in [0.29, 0.717) is 23.9 Å². The second-order valence-corrected chi connectivity index (χ2v) is 20.8. The summed E-state index contributed by atoms with van der Waals surface area (Å²) in [5.74, 6) is -0.683. The molecule has 0 aliphatic heterocycles. The van der Waals surface area contributed by atoms with E-state index < -0.39 is 25.9 Å². The average molecular weight is 1020 g/mol. The first kappa shape index (κ1) is 68.2. The number of phosphoric ester groups is 1. The monoisotopic (exact) mass is 1020 g/mol. The van der Waals surface area contributed by atoms with Crippen LogP contribution in [-0.2, 0) is 27.9 Å². The minimum absolute atomic E-state index is 0.0106. The fourth-order valence-electron chi connectivity index (χ4n) is 7.08. The van der Waals surface area contributed by atoms with Gasteiger partial charge in [0.05, 0.1) is 33.8 Å². The highest BCUT2D eigenvalue weighted by Gasteiger charge is 2.30. The number of phosphoric acid groups is 1. The number of hydrogen-bond donors (Lipinski definition) is 2. The summed E-state index contributed by atoms with van der Waals surface area (Å²) in [5.41, 5.74) is 0. The number of carbonyl (C=O) groups is 2. The molecule has 0 rings (SSSR count). The minimum atomic E-state index is -4.49. The molecule has 72 heavy (non-hydrogen) atoms. The van der Waals surface area contributed by atoms with Gasteiger partial charge in [0.1, 0.15) is 19.3 Å². The molecule has 0 aromatic rings. The maximum atomic E-state index is 13.5. The van der Waals surface area contributed by atoms with Crippen LogP contribution in [0.1, 0.15) is 194 Å². The van der Waals surface area contributed by atoms with Gasteiger partial charge in [-0.1, -0.05) is 213 Å². The fourth-order valence-corrected chi connectivity index (χ4v) is 7.81. The van der Waals surface area contributed by atoms with Gasteiger partial charge in [-0.25, -0.2) is 4.57 Å². The number of esters is 1. The van der Waals surface area contributed by atoms with E-state index in [1.165, 1.54) is 57.8 Å². The highest BCUT2D eigenvalue weighted by Crippen LogP contribution is 2.43. The standard InChI is InChI=1S/C62H103N2O7P/c1-7-10-13-16-19-22-25-28-30-32-34-37-40-43-46-49-52-55-62(66)71-60(53-50-47-44-41-38-35-27-24-21-18-15-12-9-3)59(58-70-72(67,68)69-57-56-64(4,5)6)63-61(65)54-51-48-45-42-39-36-33-31-29-26-23-20-17-14-11-8-2/h10-11,13-14,19-20,22-23,28-31,34,36-37,39,43,45-46,48,50,53,59-60H,7-9,12,15-18,21,24-27,32-33,35,38,40-42,44,47,49,51-52,54-58H2,1-6H3,(H-,63,65,67,68)/p+1/b13-10-,14-11+,22-19-,23-20+,30-28-,31-29+,37-34-,39-36+,46-43-,48-45+,53-50+. The molecule has 0 bridgehead atoms. The Morgan fingerprint density at radius 2 is 0.903 bits per heavy atom. The number of nitrogens with zero attached hydrogens (tertiary/aromatic N) is 1. The summed E-state index contributed by atoms with van der Waals surface area (Å²) < 4.78 is 30.5. The van der Waals surface area contributed by atoms with Crippen molar-refractivity contribution in [2.75, 3.05) is 40.9 Å². The van der Waals surface area contributed by atoms with E-state index in [-0.39, 0.29) is 32.0 Å². The zero-order valence-corrected chi connectivity index (χ0v) is 47.3. The van der Waals surface area contributed by atoms with Crippen molar-refractivity contribution in [1.82, 2.24) is 5.32 Å². The predicted octanol–water partition coefficient (Wildman–Crippen LogP) is 16.9. The molecule has 0 saturated carbocycles. The number of quaternary nitrogens is 1. The third-order valence-corrected chi connectivity index (χ3v) is 12.3. The van der Waals surface area contributed by atoms with E-state index in [1.807, 2.05) is 39.4 Å². The van der Waals surface area contributed by atoms with Crippen LogP contribution in [0.3, 0.4) is 0 Å². The molecule has 0 spiro atoms. The summed E-state index contributed by atoms with van der Waals surface area (Å²) in [6.07, 6.45) is 71.9. The number of nitrogens with one attached hydrogen (secondary N) is 1. The van der Waals surface area contributed by atoms with Crippen molar-refractivity contribution in [3.05, 3.63) is 134 Å². The van der Waals surface area contributed by atoms with Crippen LogP contribution in [0.25, 0.3) is 0 Å². The van der Waals surface area contributed by atoms with Gasteiger partial charge in [-0.2, -0.15) is 0 Å². The number of hydrogen-bond acceptors (Lipinski definition) is 6. The average Bonchev–Trinajstić information content (AvgIpc) is 3.34. The summed E-state index contributed by atoms with van der Waals surface area (Å²) >= 11 is 0. The molecule has 0 aromatic carbocycles. The first-order valence-electron chi connectivity index (χ1n) is 28.0. The van der Waals surface area contributed by atoms with Gasteiger partial charge in [0.15, 0.2) is 0 Å². The van der Waals surface area contributed by atoms with Gasteiger partial charge in [0.25, 0.3) is 0 Å². The molecule has 0 radical (unpaired) electrons. The fraction of sp³-hybridized carbons (Fsp3) is 0.613. The Bertz CT molecular complexity index is 1690. The molecular formula is C62H104N2O7P+. The quantitative estimate of drug-likeness (QED) is 0.0205. The lowest BCUT2D eigenvalue weighted by atomic mass is 10.0. The summed E-state index contributed by atoms with van der Waals surface area (Å²) in [7, 11) is 1.40. The first-order valence-corrected chi connectivity index (χ1v) is 29.5. The Balaban J connectivity index is 5.62. The van der Waals surface area contributed by atoms with Crippen LogP contribution in [0.4, 0.5) is 0 Å². The van der Waals surface area contributed by atoms with Crippen LogP contribution in [0.2, 0.25) is 0 Å². The van der Waals surface area contributed by atoms with Crippen LogP contribution in [-0.4, -0.2) is 74.3 Å². The second kappa shape index (κ2) is 50.7. The van der Waals surface area contributed by atoms with Gasteiger partial charge in [-0.15, -0.1) is 0 Å². The molecular weight excluding hydrogens is 916 g/mol. The lowest BCUT2D eigenvalue weighted by Crippen LogP contribution is -2.47. The molecule has 0 aliphatic carbocycles. The van der Waals surface area contributed by atoms with E-state index in [2.05, 4.69) is 135 Å². The predicted molar refractivity (Wildman–Crippen MR) is 309 cm³/mol. The molecule has 0 heterocycles. The maximum Gasteiger partial charge on any atom is 0.472 e. The molecule has 10 heteroatoms. The molecule has 0 aromatic heterocycles. The number of allylic oxidation sites excluding steroid dienone is 21. The van der Waals surface area contributed by atoms with Gasteiger partial charge < -0.3 is 19.4 Å². The maximum absolute atomic E-state index is 13.5. The topological polar surface area (TPSA) is 111 Å². The first-order chi connectivity index (χ1) is 34.9. The molecule has 408 valence electrons. The SMILES string of the molecule is CC/C=C\C/C=C\C/C=C\C/C=C\C/C=C\CCCC(=O)OC(/C=C/CCCCCCCCCCCCC)C(COP(=O)(O)OCC[N+](C)(C)C)NC(=O)CC/C=C/C/C=C/C/C=C/C/C=C/C/C=C/CC. The number of amides is 1. The van der Waals surface area contributed by atoms with E-state index in [0.717, 1.165) is 89.9 Å². The van der Waals surface area contributed by atoms with Crippen LogP contribution in [0.5, 0.6) is 0 Å². The number of ether oxygens (including phenoxy) is 1. The van der Waals surface area contributed by atoms with Crippen LogP contribution in [0.15, 0.2) is 134 Å². The Kier molecular flexibility index (Phi) is 48.0.